The molecule has 0 aliphatic heterocycles. The molecule has 1 atom stereocenters. The SMILES string of the molecule is CC(C)CCC(C)NCc1cccn1C. The lowest BCUT2D eigenvalue weighted by atomic mass is 10.0. The minimum absolute atomic E-state index is 0.613. The van der Waals surface area contributed by atoms with Crippen LogP contribution >= 0.6 is 0 Å². The second-order valence-corrected chi connectivity index (χ2v) is 4.86. The maximum Gasteiger partial charge on any atom is 0.0361 e. The first-order valence-electron chi connectivity index (χ1n) is 5.93. The predicted molar refractivity (Wildman–Crippen MR) is 65.8 cm³/mol. The maximum atomic E-state index is 3.56. The van der Waals surface area contributed by atoms with Gasteiger partial charge in [0.2, 0.25) is 0 Å². The molecule has 0 bridgehead atoms. The zero-order chi connectivity index (χ0) is 11.3. The van der Waals surface area contributed by atoms with E-state index >= 15 is 0 Å². The van der Waals surface area contributed by atoms with Crippen LogP contribution in [0.25, 0.3) is 0 Å². The molecule has 0 amide bonds. The fourth-order valence-electron chi connectivity index (χ4n) is 1.64. The van der Waals surface area contributed by atoms with Crippen molar-refractivity contribution in [2.75, 3.05) is 0 Å². The Morgan fingerprint density at radius 2 is 2.00 bits per heavy atom. The Kier molecular flexibility index (Phi) is 4.89. The summed E-state index contributed by atoms with van der Waals surface area (Å²) in [5.74, 6) is 0.810. The van der Waals surface area contributed by atoms with Gasteiger partial charge in [-0.3, -0.25) is 0 Å². The first-order chi connectivity index (χ1) is 7.09. The smallest absolute Gasteiger partial charge is 0.0361 e. The fraction of sp³-hybridized carbons (Fsp3) is 0.692. The average molecular weight is 208 g/mol. The molecule has 0 radical (unpaired) electrons. The summed E-state index contributed by atoms with van der Waals surface area (Å²) in [6.45, 7) is 7.81. The van der Waals surface area contributed by atoms with Gasteiger partial charge in [-0.05, 0) is 37.8 Å². The summed E-state index contributed by atoms with van der Waals surface area (Å²) >= 11 is 0. The van der Waals surface area contributed by atoms with Crippen LogP contribution in [0.1, 0.15) is 39.3 Å². The van der Waals surface area contributed by atoms with E-state index in [0.717, 1.165) is 12.5 Å². The number of aryl methyl sites for hydroxylation is 1. The van der Waals surface area contributed by atoms with E-state index in [1.54, 1.807) is 0 Å². The van der Waals surface area contributed by atoms with E-state index in [4.69, 9.17) is 0 Å². The van der Waals surface area contributed by atoms with Crippen LogP contribution in [0.3, 0.4) is 0 Å². The van der Waals surface area contributed by atoms with Gasteiger partial charge >= 0.3 is 0 Å². The third-order valence-corrected chi connectivity index (χ3v) is 2.86. The zero-order valence-electron chi connectivity index (χ0n) is 10.5. The Labute approximate surface area is 93.7 Å². The van der Waals surface area contributed by atoms with Crippen LogP contribution in [-0.4, -0.2) is 10.6 Å². The van der Waals surface area contributed by atoms with Gasteiger partial charge in [-0.1, -0.05) is 13.8 Å². The molecule has 0 spiro atoms. The Morgan fingerprint density at radius 1 is 1.27 bits per heavy atom. The molecule has 0 fully saturated rings. The van der Waals surface area contributed by atoms with Crippen molar-refractivity contribution in [2.45, 2.75) is 46.2 Å². The lowest BCUT2D eigenvalue weighted by Crippen LogP contribution is -2.26. The molecule has 0 saturated carbocycles. The summed E-state index contributed by atoms with van der Waals surface area (Å²) in [6.07, 6.45) is 4.67. The minimum atomic E-state index is 0.613. The molecule has 1 heterocycles. The lowest BCUT2D eigenvalue weighted by Gasteiger charge is -2.15. The third-order valence-electron chi connectivity index (χ3n) is 2.86. The highest BCUT2D eigenvalue weighted by atomic mass is 15.0. The van der Waals surface area contributed by atoms with Gasteiger partial charge in [0.15, 0.2) is 0 Å². The van der Waals surface area contributed by atoms with E-state index in [9.17, 15) is 0 Å². The average Bonchev–Trinajstić information content (AvgIpc) is 2.58. The van der Waals surface area contributed by atoms with E-state index in [1.807, 2.05) is 0 Å². The fourth-order valence-corrected chi connectivity index (χ4v) is 1.64. The molecular weight excluding hydrogens is 184 g/mol. The Morgan fingerprint density at radius 3 is 2.53 bits per heavy atom. The molecule has 1 aromatic rings. The van der Waals surface area contributed by atoms with Crippen LogP contribution in [0.15, 0.2) is 18.3 Å². The minimum Gasteiger partial charge on any atom is -0.353 e. The van der Waals surface area contributed by atoms with Crippen molar-refractivity contribution >= 4 is 0 Å². The van der Waals surface area contributed by atoms with Gasteiger partial charge < -0.3 is 9.88 Å². The summed E-state index contributed by atoms with van der Waals surface area (Å²) in [6, 6.07) is 4.88. The standard InChI is InChI=1S/C13H24N2/c1-11(2)7-8-12(3)14-10-13-6-5-9-15(13)4/h5-6,9,11-12,14H,7-8,10H2,1-4H3. The van der Waals surface area contributed by atoms with Gasteiger partial charge in [-0.2, -0.15) is 0 Å². The van der Waals surface area contributed by atoms with Crippen molar-refractivity contribution in [1.82, 2.24) is 9.88 Å². The molecule has 1 rings (SSSR count). The quantitative estimate of drug-likeness (QED) is 0.760. The lowest BCUT2D eigenvalue weighted by molar-refractivity contribution is 0.446. The highest BCUT2D eigenvalue weighted by Gasteiger charge is 2.04. The number of aromatic nitrogens is 1. The van der Waals surface area contributed by atoms with Gasteiger partial charge in [-0.25, -0.2) is 0 Å². The van der Waals surface area contributed by atoms with Crippen molar-refractivity contribution in [2.24, 2.45) is 13.0 Å². The molecule has 0 saturated heterocycles. The van der Waals surface area contributed by atoms with Crippen LogP contribution in [0.5, 0.6) is 0 Å². The van der Waals surface area contributed by atoms with E-state index in [1.165, 1.54) is 18.5 Å². The van der Waals surface area contributed by atoms with Crippen molar-refractivity contribution in [1.29, 1.82) is 0 Å². The highest BCUT2D eigenvalue weighted by molar-refractivity contribution is 5.06. The molecule has 0 aliphatic rings. The number of nitrogens with zero attached hydrogens (tertiary/aromatic N) is 1. The van der Waals surface area contributed by atoms with Gasteiger partial charge in [0.05, 0.1) is 0 Å². The number of hydrogen-bond donors (Lipinski definition) is 1. The van der Waals surface area contributed by atoms with E-state index in [2.05, 4.69) is 56.0 Å². The number of rotatable bonds is 6. The molecule has 1 unspecified atom stereocenters. The molecule has 0 aromatic carbocycles. The van der Waals surface area contributed by atoms with E-state index < -0.39 is 0 Å². The van der Waals surface area contributed by atoms with Crippen molar-refractivity contribution in [3.05, 3.63) is 24.0 Å². The molecule has 2 heteroatoms. The summed E-state index contributed by atoms with van der Waals surface area (Å²) in [5.41, 5.74) is 1.35. The number of nitrogens with one attached hydrogen (secondary N) is 1. The molecule has 1 N–H and O–H groups in total. The number of hydrogen-bond acceptors (Lipinski definition) is 1. The first-order valence-corrected chi connectivity index (χ1v) is 5.93. The predicted octanol–water partition coefficient (Wildman–Crippen LogP) is 2.94. The van der Waals surface area contributed by atoms with Crippen LogP contribution in [0.2, 0.25) is 0 Å². The van der Waals surface area contributed by atoms with Gasteiger partial charge in [-0.15, -0.1) is 0 Å². The molecular formula is C13H24N2. The van der Waals surface area contributed by atoms with Crippen LogP contribution in [0, 0.1) is 5.92 Å². The molecule has 15 heavy (non-hydrogen) atoms. The van der Waals surface area contributed by atoms with Gasteiger partial charge in [0.1, 0.15) is 0 Å². The Hall–Kier alpha value is -0.760. The van der Waals surface area contributed by atoms with Crippen LogP contribution in [0.4, 0.5) is 0 Å². The summed E-state index contributed by atoms with van der Waals surface area (Å²) in [5, 5.41) is 3.56. The summed E-state index contributed by atoms with van der Waals surface area (Å²) in [4.78, 5) is 0. The molecule has 0 aliphatic carbocycles. The van der Waals surface area contributed by atoms with Crippen molar-refractivity contribution in [3.63, 3.8) is 0 Å². The largest absolute Gasteiger partial charge is 0.353 e. The molecule has 2 nitrogen and oxygen atoms in total. The first kappa shape index (κ1) is 12.3. The van der Waals surface area contributed by atoms with Crippen molar-refractivity contribution in [3.8, 4) is 0 Å². The monoisotopic (exact) mass is 208 g/mol. The second kappa shape index (κ2) is 5.96. The molecule has 1 aromatic heterocycles. The molecule has 86 valence electrons. The van der Waals surface area contributed by atoms with E-state index in [0.29, 0.717) is 6.04 Å². The second-order valence-electron chi connectivity index (χ2n) is 4.86. The highest BCUT2D eigenvalue weighted by Crippen LogP contribution is 2.07. The zero-order valence-corrected chi connectivity index (χ0v) is 10.5. The van der Waals surface area contributed by atoms with E-state index in [-0.39, 0.29) is 0 Å². The Balaban J connectivity index is 2.22. The van der Waals surface area contributed by atoms with Crippen molar-refractivity contribution < 1.29 is 0 Å². The Bertz CT molecular complexity index is 276. The topological polar surface area (TPSA) is 17.0 Å². The third kappa shape index (κ3) is 4.52. The van der Waals surface area contributed by atoms with Gasteiger partial charge in [0, 0.05) is 31.5 Å². The van der Waals surface area contributed by atoms with Gasteiger partial charge in [0.25, 0.3) is 0 Å². The maximum absolute atomic E-state index is 3.56. The van der Waals surface area contributed by atoms with Crippen LogP contribution < -0.4 is 5.32 Å². The normalized spacial score (nSPS) is 13.4. The summed E-state index contributed by atoms with van der Waals surface area (Å²) < 4.78 is 2.17. The summed E-state index contributed by atoms with van der Waals surface area (Å²) in [7, 11) is 2.09. The van der Waals surface area contributed by atoms with Crippen LogP contribution in [-0.2, 0) is 13.6 Å².